The van der Waals surface area contributed by atoms with Crippen LogP contribution in [0.25, 0.3) is 0 Å². The van der Waals surface area contributed by atoms with E-state index in [1.165, 1.54) is 0 Å². The molecule has 0 bridgehead atoms. The van der Waals surface area contributed by atoms with Gasteiger partial charge in [0.2, 0.25) is 0 Å². The molecule has 7 heavy (non-hydrogen) atoms. The summed E-state index contributed by atoms with van der Waals surface area (Å²) >= 11 is 0. The quantitative estimate of drug-likeness (QED) is 0.497. The minimum absolute atomic E-state index is 0. The minimum atomic E-state index is 0. The summed E-state index contributed by atoms with van der Waals surface area (Å²) in [6, 6.07) is 0. The van der Waals surface area contributed by atoms with Gasteiger partial charge in [0.15, 0.2) is 0 Å². The fourth-order valence-corrected chi connectivity index (χ4v) is 0. The van der Waals surface area contributed by atoms with Crippen molar-refractivity contribution in [2.24, 2.45) is 0 Å². The summed E-state index contributed by atoms with van der Waals surface area (Å²) in [5.74, 6) is 0. The first-order valence-electron chi connectivity index (χ1n) is 0. The van der Waals surface area contributed by atoms with Crippen LogP contribution in [-0.2, 0) is 0 Å². The van der Waals surface area contributed by atoms with E-state index in [-0.39, 0.29) is 170 Å². The Labute approximate surface area is 165 Å². The van der Waals surface area contributed by atoms with Crippen molar-refractivity contribution in [1.82, 2.24) is 0 Å². The van der Waals surface area contributed by atoms with Gasteiger partial charge in [0, 0.05) is 0 Å². The van der Waals surface area contributed by atoms with Crippen LogP contribution in [0.4, 0.5) is 0 Å². The Bertz CT molecular complexity index is 6.04. The average Bonchev–Trinajstić information content (AvgIpc) is 0. The van der Waals surface area contributed by atoms with E-state index in [1.807, 2.05) is 0 Å². The zero-order chi connectivity index (χ0) is 0. The molecule has 0 unspecified atom stereocenters. The monoisotopic (exact) mass is 250 g/mol. The van der Waals surface area contributed by atoms with E-state index in [9.17, 15) is 0 Å². The van der Waals surface area contributed by atoms with Gasteiger partial charge in [0.1, 0.15) is 0 Å². The van der Waals surface area contributed by atoms with Gasteiger partial charge in [0.25, 0.3) is 0 Å². The summed E-state index contributed by atoms with van der Waals surface area (Å²) < 4.78 is 0. The van der Waals surface area contributed by atoms with E-state index in [2.05, 4.69) is 0 Å². The molecule has 0 N–H and O–H groups in total. The number of rotatable bonds is 0. The van der Waals surface area contributed by atoms with E-state index in [0.717, 1.165) is 0 Å². The van der Waals surface area contributed by atoms with Crippen molar-refractivity contribution in [1.29, 1.82) is 0 Å². The van der Waals surface area contributed by atoms with Crippen LogP contribution in [-0.4, -0.2) is 103 Å². The molecule has 0 fully saturated rings. The fourth-order valence-electron chi connectivity index (χ4n) is 0. The molecule has 0 atom stereocenters. The molecule has 0 aromatic rings. The molecule has 0 aromatic heterocycles. The molecule has 0 spiro atoms. The van der Waals surface area contributed by atoms with Crippen molar-refractivity contribution in [2.45, 2.75) is 0 Å². The van der Waals surface area contributed by atoms with Crippen LogP contribution in [0.5, 0.6) is 0 Å². The molecule has 0 amide bonds. The van der Waals surface area contributed by atoms with E-state index in [1.54, 1.807) is 0 Å². The Morgan fingerprint density at radius 2 is 0.286 bits per heavy atom. The van der Waals surface area contributed by atoms with Gasteiger partial charge in [-0.3, -0.25) is 0 Å². The number of hydrogen-bond donors (Lipinski definition) is 0. The summed E-state index contributed by atoms with van der Waals surface area (Å²) in [6.07, 6.45) is 0. The summed E-state index contributed by atoms with van der Waals surface area (Å²) in [6.45, 7) is 0. The first-order valence-corrected chi connectivity index (χ1v) is 0. The maximum atomic E-state index is 0. The Kier molecular flexibility index (Phi) is 363. The van der Waals surface area contributed by atoms with E-state index < -0.39 is 0 Å². The molecule has 0 aliphatic heterocycles. The summed E-state index contributed by atoms with van der Waals surface area (Å²) in [5, 5.41) is 0. The van der Waals surface area contributed by atoms with E-state index in [4.69, 9.17) is 0 Å². The van der Waals surface area contributed by atoms with Crippen LogP contribution < -0.4 is 0 Å². The third-order valence-corrected chi connectivity index (χ3v) is 0. The van der Waals surface area contributed by atoms with Gasteiger partial charge in [-0.2, -0.15) is 67.5 Å². The molecule has 0 aliphatic rings. The summed E-state index contributed by atoms with van der Waals surface area (Å²) in [7, 11) is 0. The first kappa shape index (κ1) is 57.9. The zero-order valence-corrected chi connectivity index (χ0v) is 7.50. The molecule has 0 heterocycles. The van der Waals surface area contributed by atoms with Crippen molar-refractivity contribution in [3.05, 3.63) is 0 Å². The zero-order valence-electron chi connectivity index (χ0n) is 2.50. The second-order valence-corrected chi connectivity index (χ2v) is 0. The molecule has 0 radical (unpaired) electrons. The average molecular weight is 251 g/mol. The van der Waals surface area contributed by atoms with Crippen molar-refractivity contribution < 1.29 is 0 Å². The van der Waals surface area contributed by atoms with Gasteiger partial charge in [-0.05, 0) is 0 Å². The molecule has 0 aromatic carbocycles. The second-order valence-electron chi connectivity index (χ2n) is 0. The first-order chi connectivity index (χ1) is 0. The van der Waals surface area contributed by atoms with Crippen molar-refractivity contribution >= 4 is 170 Å². The second kappa shape index (κ2) is 43.9. The van der Waals surface area contributed by atoms with Crippen LogP contribution >= 0.6 is 67.5 Å². The Morgan fingerprint density at radius 3 is 0.286 bits per heavy atom. The van der Waals surface area contributed by atoms with Crippen molar-refractivity contribution in [3.63, 3.8) is 0 Å². The predicted molar refractivity (Wildman–Crippen MR) is 66.2 cm³/mol. The molecular weight excluding hydrogens is 239 g/mol. The predicted octanol–water partition coefficient (Wildman–Crippen LogP) is -0.733. The van der Waals surface area contributed by atoms with Crippen LogP contribution in [0.15, 0.2) is 0 Å². The van der Waals surface area contributed by atoms with E-state index >= 15 is 0 Å². The van der Waals surface area contributed by atoms with E-state index in [0.29, 0.717) is 0 Å². The fraction of sp³-hybridized carbons (Fsp3) is 0. The van der Waals surface area contributed by atoms with Gasteiger partial charge in [-0.15, -0.1) is 0 Å². The molecule has 0 aliphatic carbocycles. The van der Waals surface area contributed by atoms with Crippen molar-refractivity contribution in [2.75, 3.05) is 0 Å². The summed E-state index contributed by atoms with van der Waals surface area (Å²) in [4.78, 5) is 0. The Hall–Kier alpha value is 5.02. The Morgan fingerprint density at radius 1 is 0.286 bits per heavy atom. The van der Waals surface area contributed by atoms with Crippen LogP contribution in [0.3, 0.4) is 0 Å². The van der Waals surface area contributed by atoms with Crippen LogP contribution in [0, 0.1) is 0 Å². The molecule has 7 heteroatoms. The van der Waals surface area contributed by atoms with Gasteiger partial charge in [-0.1, -0.05) is 0 Å². The molecular formula is H12K2S5. The Balaban J connectivity index is 0. The van der Waals surface area contributed by atoms with Gasteiger partial charge >= 0.3 is 103 Å². The molecule has 44 valence electrons. The van der Waals surface area contributed by atoms with Crippen LogP contribution in [0.1, 0.15) is 0 Å². The van der Waals surface area contributed by atoms with Gasteiger partial charge < -0.3 is 0 Å². The topological polar surface area (TPSA) is 0 Å². The normalized spacial score (nSPS) is 0. The maximum absolute atomic E-state index is 0. The third kappa shape index (κ3) is 35.6. The molecule has 0 rings (SSSR count). The molecule has 0 saturated heterocycles. The summed E-state index contributed by atoms with van der Waals surface area (Å²) in [5.41, 5.74) is 0. The standard InChI is InChI=1S/2K.5H2S.2H/h;;5*1H2;;. The SMILES string of the molecule is S.S.S.S.S.[KH].[KH]. The third-order valence-electron chi connectivity index (χ3n) is 0. The number of hydrogen-bond acceptors (Lipinski definition) is 0. The van der Waals surface area contributed by atoms with Gasteiger partial charge in [-0.25, -0.2) is 0 Å². The molecule has 0 saturated carbocycles. The van der Waals surface area contributed by atoms with Crippen molar-refractivity contribution in [3.8, 4) is 0 Å². The van der Waals surface area contributed by atoms with Crippen LogP contribution in [0.2, 0.25) is 0 Å². The molecule has 0 nitrogen and oxygen atoms in total. The van der Waals surface area contributed by atoms with Gasteiger partial charge in [0.05, 0.1) is 0 Å².